The van der Waals surface area contributed by atoms with Gasteiger partial charge in [0.05, 0.1) is 0 Å². The van der Waals surface area contributed by atoms with E-state index in [1.165, 1.54) is 22.3 Å². The summed E-state index contributed by atoms with van der Waals surface area (Å²) in [4.78, 5) is 0. The smallest absolute Gasteiger partial charge is 0 e. The molecule has 0 aliphatic rings. The van der Waals surface area contributed by atoms with E-state index in [0.29, 0.717) is 0 Å². The molecule has 0 heterocycles. The van der Waals surface area contributed by atoms with Gasteiger partial charge in [-0.05, 0) is 36.1 Å². The molecule has 0 bridgehead atoms. The Morgan fingerprint density at radius 2 is 1.37 bits per heavy atom. The molecule has 1 radical (unpaired) electrons. The molecule has 2 aromatic rings. The molecule has 1 heteroatoms. The number of benzene rings is 2. The van der Waals surface area contributed by atoms with Crippen molar-refractivity contribution in [2.24, 2.45) is 0 Å². The normalized spacial score (nSPS) is 8.53. The van der Waals surface area contributed by atoms with Crippen molar-refractivity contribution < 1.29 is 18.6 Å². The van der Waals surface area contributed by atoms with E-state index >= 15 is 0 Å². The van der Waals surface area contributed by atoms with E-state index in [1.54, 1.807) is 12.2 Å². The quantitative estimate of drug-likeness (QED) is 0.655. The van der Waals surface area contributed by atoms with Crippen molar-refractivity contribution in [3.05, 3.63) is 85.0 Å². The molecule has 0 nitrogen and oxygen atoms in total. The molecule has 0 aromatic heterocycles. The molecule has 0 N–H and O–H groups in total. The monoisotopic (exact) mass is 287 g/mol. The minimum Gasteiger partial charge on any atom is -0.0991 e. The molecule has 2 aromatic carbocycles. The zero-order valence-electron chi connectivity index (χ0n) is 11.6. The van der Waals surface area contributed by atoms with Gasteiger partial charge in [-0.2, -0.15) is 0 Å². The average Bonchev–Trinajstić information content (AvgIpc) is 2.43. The summed E-state index contributed by atoms with van der Waals surface area (Å²) in [5, 5.41) is 0. The van der Waals surface area contributed by atoms with E-state index in [4.69, 9.17) is 0 Å². The Labute approximate surface area is 128 Å². The van der Waals surface area contributed by atoms with Gasteiger partial charge in [0, 0.05) is 18.6 Å². The van der Waals surface area contributed by atoms with Crippen LogP contribution in [0.25, 0.3) is 11.1 Å². The van der Waals surface area contributed by atoms with Crippen LogP contribution >= 0.6 is 0 Å². The maximum Gasteiger partial charge on any atom is 0 e. The Morgan fingerprint density at radius 1 is 0.789 bits per heavy atom. The Hall–Kier alpha value is -1.50. The Bertz CT molecular complexity index is 506. The van der Waals surface area contributed by atoms with Crippen molar-refractivity contribution >= 4 is 0 Å². The van der Waals surface area contributed by atoms with Crippen molar-refractivity contribution in [3.63, 3.8) is 0 Å². The molecule has 0 atom stereocenters. The molecule has 0 unspecified atom stereocenters. The first kappa shape index (κ1) is 17.5. The second-order valence-corrected chi connectivity index (χ2v) is 4.08. The van der Waals surface area contributed by atoms with Crippen molar-refractivity contribution in [1.29, 1.82) is 0 Å². The summed E-state index contributed by atoms with van der Waals surface area (Å²) in [7, 11) is 0. The van der Waals surface area contributed by atoms with E-state index in [2.05, 4.69) is 75.5 Å². The number of rotatable bonds is 2. The summed E-state index contributed by atoms with van der Waals surface area (Å²) in [6.07, 6.45) is 3.28. The third kappa shape index (κ3) is 5.34. The van der Waals surface area contributed by atoms with Crippen LogP contribution in [0.15, 0.2) is 73.8 Å². The Morgan fingerprint density at radius 3 is 1.89 bits per heavy atom. The third-order valence-electron chi connectivity index (χ3n) is 2.86. The van der Waals surface area contributed by atoms with Crippen LogP contribution in [0.5, 0.6) is 0 Å². The van der Waals surface area contributed by atoms with Gasteiger partial charge in [0.15, 0.2) is 0 Å². The van der Waals surface area contributed by atoms with E-state index in [-0.39, 0.29) is 18.6 Å². The predicted octanol–water partition coefficient (Wildman–Crippen LogP) is 5.33. The van der Waals surface area contributed by atoms with Crippen LogP contribution in [-0.4, -0.2) is 0 Å². The summed E-state index contributed by atoms with van der Waals surface area (Å²) >= 11 is 0. The minimum atomic E-state index is 0. The van der Waals surface area contributed by atoms with Crippen LogP contribution in [0.1, 0.15) is 11.1 Å². The molecule has 0 aliphatic heterocycles. The summed E-state index contributed by atoms with van der Waals surface area (Å²) in [6, 6.07) is 17.0. The fourth-order valence-electron chi connectivity index (χ4n) is 1.68. The van der Waals surface area contributed by atoms with E-state index in [9.17, 15) is 0 Å². The fraction of sp³-hybridized carbons (Fsp3) is 0.111. The maximum absolute atomic E-state index is 3.36. The Balaban J connectivity index is 0.000000576. The molecule has 0 fully saturated rings. The van der Waals surface area contributed by atoms with Crippen molar-refractivity contribution in [3.8, 4) is 11.1 Å². The van der Waals surface area contributed by atoms with Gasteiger partial charge in [-0.1, -0.05) is 73.8 Å². The minimum absolute atomic E-state index is 0. The number of hydrogen-bond donors (Lipinski definition) is 0. The zero-order valence-corrected chi connectivity index (χ0v) is 13.0. The number of aryl methyl sites for hydroxylation is 1. The van der Waals surface area contributed by atoms with Crippen LogP contribution in [0.2, 0.25) is 0 Å². The van der Waals surface area contributed by atoms with Gasteiger partial charge in [-0.25, -0.2) is 0 Å². The molecule has 0 amide bonds. The molecule has 0 saturated heterocycles. The van der Waals surface area contributed by atoms with Gasteiger partial charge in [-0.3, -0.25) is 0 Å². The topological polar surface area (TPSA) is 0 Å². The molecule has 19 heavy (non-hydrogen) atoms. The van der Waals surface area contributed by atoms with Gasteiger partial charge >= 0.3 is 0 Å². The summed E-state index contributed by atoms with van der Waals surface area (Å²) < 4.78 is 0. The number of allylic oxidation sites excluding steroid dienone is 2. The first-order valence-electron chi connectivity index (χ1n) is 6.05. The fourth-order valence-corrected chi connectivity index (χ4v) is 1.68. The predicted molar refractivity (Wildman–Crippen MR) is 81.7 cm³/mol. The van der Waals surface area contributed by atoms with Crippen molar-refractivity contribution in [1.82, 2.24) is 0 Å². The SMILES string of the molecule is C=CC=C.Cc1cccc(-c2ccccc2)c1C.[V]. The van der Waals surface area contributed by atoms with Crippen LogP contribution in [0, 0.1) is 13.8 Å². The summed E-state index contributed by atoms with van der Waals surface area (Å²) in [6.45, 7) is 11.1. The van der Waals surface area contributed by atoms with Gasteiger partial charge in [0.25, 0.3) is 0 Å². The van der Waals surface area contributed by atoms with E-state index in [1.807, 2.05) is 0 Å². The van der Waals surface area contributed by atoms with Gasteiger partial charge < -0.3 is 0 Å². The van der Waals surface area contributed by atoms with Crippen molar-refractivity contribution in [2.45, 2.75) is 13.8 Å². The molecule has 0 aliphatic carbocycles. The molecule has 97 valence electrons. The van der Waals surface area contributed by atoms with E-state index < -0.39 is 0 Å². The second kappa shape index (κ2) is 9.44. The maximum atomic E-state index is 3.36. The summed E-state index contributed by atoms with van der Waals surface area (Å²) in [5.41, 5.74) is 5.37. The largest absolute Gasteiger partial charge is 0.0991 e. The van der Waals surface area contributed by atoms with Crippen LogP contribution < -0.4 is 0 Å². The standard InChI is InChI=1S/C14H14.C4H6.V/c1-11-7-6-10-14(12(11)2)13-8-4-3-5-9-13;1-3-4-2;/h3-10H,1-2H3;3-4H,1-2H2;. The molecule has 0 spiro atoms. The van der Waals surface area contributed by atoms with Crippen LogP contribution in [-0.2, 0) is 18.6 Å². The first-order valence-corrected chi connectivity index (χ1v) is 6.05. The molecular formula is C18H20V. The summed E-state index contributed by atoms with van der Waals surface area (Å²) in [5.74, 6) is 0. The number of hydrogen-bond acceptors (Lipinski definition) is 0. The first-order chi connectivity index (χ1) is 8.70. The van der Waals surface area contributed by atoms with Crippen LogP contribution in [0.4, 0.5) is 0 Å². The average molecular weight is 287 g/mol. The third-order valence-corrected chi connectivity index (χ3v) is 2.86. The Kier molecular flexibility index (Phi) is 8.69. The molecular weight excluding hydrogens is 267 g/mol. The van der Waals surface area contributed by atoms with Gasteiger partial charge in [-0.15, -0.1) is 0 Å². The molecule has 2 rings (SSSR count). The zero-order chi connectivity index (χ0) is 13.4. The van der Waals surface area contributed by atoms with Gasteiger partial charge in [0.2, 0.25) is 0 Å². The van der Waals surface area contributed by atoms with Gasteiger partial charge in [0.1, 0.15) is 0 Å². The van der Waals surface area contributed by atoms with E-state index in [0.717, 1.165) is 0 Å². The second-order valence-electron chi connectivity index (χ2n) is 4.08. The van der Waals surface area contributed by atoms with Crippen molar-refractivity contribution in [2.75, 3.05) is 0 Å². The molecule has 0 saturated carbocycles. The van der Waals surface area contributed by atoms with Crippen LogP contribution in [0.3, 0.4) is 0 Å².